The average Bonchev–Trinajstić information content (AvgIpc) is 2.32. The van der Waals surface area contributed by atoms with Crippen LogP contribution in [0.5, 0.6) is 0 Å². The van der Waals surface area contributed by atoms with Crippen molar-refractivity contribution in [2.75, 3.05) is 0 Å². The summed E-state index contributed by atoms with van der Waals surface area (Å²) >= 11 is 0. The van der Waals surface area contributed by atoms with Gasteiger partial charge in [-0.3, -0.25) is 0 Å². The van der Waals surface area contributed by atoms with Crippen LogP contribution in [0.1, 0.15) is 24.5 Å². The number of benzene rings is 1. The van der Waals surface area contributed by atoms with Crippen LogP contribution < -0.4 is 0 Å². The first-order chi connectivity index (χ1) is 8.18. The van der Waals surface area contributed by atoms with Crippen molar-refractivity contribution < 1.29 is 0 Å². The molecule has 17 heavy (non-hydrogen) atoms. The van der Waals surface area contributed by atoms with Crippen LogP contribution >= 0.6 is 0 Å². The van der Waals surface area contributed by atoms with E-state index in [2.05, 4.69) is 55.7 Å². The maximum Gasteiger partial charge on any atom is -0.00821 e. The van der Waals surface area contributed by atoms with E-state index in [4.69, 9.17) is 0 Å². The number of allylic oxidation sites excluding steroid dienone is 6. The summed E-state index contributed by atoms with van der Waals surface area (Å²) in [5, 5.41) is 0. The standard InChI is InChI=1S/C17H18/c1-13(2)7-6-9-15-11-12-16-8-4-5-10-17(16)14(15)3/h4-6,8-11H,1,3,7,12H2,2H3. The van der Waals surface area contributed by atoms with Crippen LogP contribution in [-0.4, -0.2) is 0 Å². The molecular formula is C17H18. The van der Waals surface area contributed by atoms with Crippen LogP contribution in [-0.2, 0) is 6.42 Å². The van der Waals surface area contributed by atoms with E-state index < -0.39 is 0 Å². The maximum absolute atomic E-state index is 4.19. The fraction of sp³-hybridized carbons (Fsp3) is 0.176. The van der Waals surface area contributed by atoms with Gasteiger partial charge in [-0.25, -0.2) is 0 Å². The van der Waals surface area contributed by atoms with Gasteiger partial charge in [0.2, 0.25) is 0 Å². The van der Waals surface area contributed by atoms with Gasteiger partial charge in [0.05, 0.1) is 0 Å². The largest absolute Gasteiger partial charge is 0.0998 e. The monoisotopic (exact) mass is 222 g/mol. The summed E-state index contributed by atoms with van der Waals surface area (Å²) in [5.41, 5.74) is 6.21. The van der Waals surface area contributed by atoms with Crippen LogP contribution in [0.25, 0.3) is 5.57 Å². The zero-order valence-corrected chi connectivity index (χ0v) is 10.4. The molecule has 0 bridgehead atoms. The van der Waals surface area contributed by atoms with Gasteiger partial charge in [0, 0.05) is 0 Å². The molecule has 0 heterocycles. The van der Waals surface area contributed by atoms with Crippen LogP contribution in [0, 0.1) is 0 Å². The molecule has 0 aliphatic heterocycles. The molecule has 0 amide bonds. The quantitative estimate of drug-likeness (QED) is 0.650. The lowest BCUT2D eigenvalue weighted by molar-refractivity contribution is 1.20. The summed E-state index contributed by atoms with van der Waals surface area (Å²) in [6, 6.07) is 8.48. The molecule has 1 aromatic carbocycles. The third kappa shape index (κ3) is 2.65. The first-order valence-electron chi connectivity index (χ1n) is 5.97. The van der Waals surface area contributed by atoms with Crippen molar-refractivity contribution in [3.63, 3.8) is 0 Å². The fourth-order valence-electron chi connectivity index (χ4n) is 2.05. The Labute approximate surface area is 104 Å². The second kappa shape index (κ2) is 5.01. The molecule has 0 fully saturated rings. The van der Waals surface area contributed by atoms with Crippen molar-refractivity contribution >= 4 is 5.57 Å². The molecule has 1 aliphatic rings. The molecule has 0 heteroatoms. The van der Waals surface area contributed by atoms with E-state index in [0.717, 1.165) is 18.4 Å². The normalized spacial score (nSPS) is 14.6. The second-order valence-electron chi connectivity index (χ2n) is 4.56. The van der Waals surface area contributed by atoms with Gasteiger partial charge in [0.1, 0.15) is 0 Å². The molecule has 2 rings (SSSR count). The SMILES string of the molecule is C=C(C)CC=CC1=CCc2ccccc2C1=C. The molecule has 0 atom stereocenters. The molecule has 0 unspecified atom stereocenters. The Hall–Kier alpha value is -1.82. The third-order valence-electron chi connectivity index (χ3n) is 3.00. The van der Waals surface area contributed by atoms with Crippen LogP contribution in [0.2, 0.25) is 0 Å². The highest BCUT2D eigenvalue weighted by molar-refractivity contribution is 5.83. The Balaban J connectivity index is 2.19. The highest BCUT2D eigenvalue weighted by Crippen LogP contribution is 2.30. The summed E-state index contributed by atoms with van der Waals surface area (Å²) in [5.74, 6) is 0. The molecule has 86 valence electrons. The van der Waals surface area contributed by atoms with E-state index in [1.165, 1.54) is 22.3 Å². The van der Waals surface area contributed by atoms with Gasteiger partial charge in [0.25, 0.3) is 0 Å². The van der Waals surface area contributed by atoms with E-state index in [9.17, 15) is 0 Å². The van der Waals surface area contributed by atoms with E-state index in [0.29, 0.717) is 0 Å². The third-order valence-corrected chi connectivity index (χ3v) is 3.00. The van der Waals surface area contributed by atoms with Crippen molar-refractivity contribution in [1.82, 2.24) is 0 Å². The summed E-state index contributed by atoms with van der Waals surface area (Å²) in [4.78, 5) is 0. The van der Waals surface area contributed by atoms with E-state index in [1.54, 1.807) is 0 Å². The van der Waals surface area contributed by atoms with Gasteiger partial charge in [-0.2, -0.15) is 0 Å². The molecule has 0 nitrogen and oxygen atoms in total. The number of hydrogen-bond donors (Lipinski definition) is 0. The van der Waals surface area contributed by atoms with Crippen molar-refractivity contribution in [3.05, 3.63) is 77.9 Å². The summed E-state index contributed by atoms with van der Waals surface area (Å²) in [6.07, 6.45) is 8.51. The highest BCUT2D eigenvalue weighted by Gasteiger charge is 2.12. The Morgan fingerprint density at radius 3 is 2.88 bits per heavy atom. The van der Waals surface area contributed by atoms with E-state index >= 15 is 0 Å². The van der Waals surface area contributed by atoms with Gasteiger partial charge in [0.15, 0.2) is 0 Å². The zero-order chi connectivity index (χ0) is 12.3. The molecule has 1 aromatic rings. The molecule has 0 aromatic heterocycles. The second-order valence-corrected chi connectivity index (χ2v) is 4.56. The Morgan fingerprint density at radius 1 is 1.35 bits per heavy atom. The van der Waals surface area contributed by atoms with Gasteiger partial charge >= 0.3 is 0 Å². The molecule has 0 N–H and O–H groups in total. The first kappa shape index (κ1) is 11.7. The summed E-state index contributed by atoms with van der Waals surface area (Å²) < 4.78 is 0. The number of hydrogen-bond acceptors (Lipinski definition) is 0. The van der Waals surface area contributed by atoms with Crippen molar-refractivity contribution in [1.29, 1.82) is 0 Å². The molecular weight excluding hydrogens is 204 g/mol. The van der Waals surface area contributed by atoms with Crippen LogP contribution in [0.15, 0.2) is 66.8 Å². The smallest absolute Gasteiger partial charge is 0.00821 e. The van der Waals surface area contributed by atoms with E-state index in [1.807, 2.05) is 6.92 Å². The molecule has 0 spiro atoms. The number of fused-ring (bicyclic) bond motifs is 1. The van der Waals surface area contributed by atoms with Gasteiger partial charge < -0.3 is 0 Å². The predicted molar refractivity (Wildman–Crippen MR) is 75.8 cm³/mol. The minimum atomic E-state index is 0.937. The van der Waals surface area contributed by atoms with Gasteiger partial charge in [-0.15, -0.1) is 0 Å². The lowest BCUT2D eigenvalue weighted by Gasteiger charge is -2.17. The molecule has 0 saturated heterocycles. The van der Waals surface area contributed by atoms with Gasteiger partial charge in [-0.05, 0) is 42.0 Å². The number of rotatable bonds is 3. The zero-order valence-electron chi connectivity index (χ0n) is 10.4. The Morgan fingerprint density at radius 2 is 2.12 bits per heavy atom. The summed E-state index contributed by atoms with van der Waals surface area (Å²) in [6.45, 7) is 10.1. The minimum Gasteiger partial charge on any atom is -0.0998 e. The van der Waals surface area contributed by atoms with Crippen LogP contribution in [0.3, 0.4) is 0 Å². The van der Waals surface area contributed by atoms with E-state index in [-0.39, 0.29) is 0 Å². The van der Waals surface area contributed by atoms with Gasteiger partial charge in [-0.1, -0.05) is 61.2 Å². The summed E-state index contributed by atoms with van der Waals surface area (Å²) in [7, 11) is 0. The highest BCUT2D eigenvalue weighted by atomic mass is 14.2. The lowest BCUT2D eigenvalue weighted by atomic mass is 9.87. The average molecular weight is 222 g/mol. The molecule has 0 radical (unpaired) electrons. The van der Waals surface area contributed by atoms with Crippen molar-refractivity contribution in [3.8, 4) is 0 Å². The Bertz CT molecular complexity index is 513. The minimum absolute atomic E-state index is 0.937. The predicted octanol–water partition coefficient (Wildman–Crippen LogP) is 4.70. The first-order valence-corrected chi connectivity index (χ1v) is 5.97. The van der Waals surface area contributed by atoms with Crippen LogP contribution in [0.4, 0.5) is 0 Å². The lowest BCUT2D eigenvalue weighted by Crippen LogP contribution is -1.99. The van der Waals surface area contributed by atoms with Crippen molar-refractivity contribution in [2.24, 2.45) is 0 Å². The van der Waals surface area contributed by atoms with Crippen molar-refractivity contribution in [2.45, 2.75) is 19.8 Å². The maximum atomic E-state index is 4.19. The molecule has 1 aliphatic carbocycles. The Kier molecular flexibility index (Phi) is 3.43. The fourth-order valence-corrected chi connectivity index (χ4v) is 2.05. The topological polar surface area (TPSA) is 0 Å². The molecule has 0 saturated carbocycles.